The van der Waals surface area contributed by atoms with Crippen LogP contribution in [0, 0.1) is 0 Å². The maximum absolute atomic E-state index is 12.3. The zero-order valence-corrected chi connectivity index (χ0v) is 15.0. The van der Waals surface area contributed by atoms with E-state index in [9.17, 15) is 4.79 Å². The Morgan fingerprint density at radius 2 is 1.48 bits per heavy atom. The highest BCUT2D eigenvalue weighted by Crippen LogP contribution is 2.20. The van der Waals surface area contributed by atoms with Crippen molar-refractivity contribution in [1.29, 1.82) is 0 Å². The molecule has 0 saturated heterocycles. The van der Waals surface area contributed by atoms with Crippen molar-refractivity contribution < 1.29 is 4.79 Å². The van der Waals surface area contributed by atoms with E-state index in [1.54, 1.807) is 0 Å². The standard InChI is InChI=1S/C21H28OS/c1-2-3-4-5-6-7-8-11-16-23-21(22)20-15-14-18-12-9-10-13-19(18)17-20/h9-10,12-15,17H,2-8,11,16H2,1H3. The van der Waals surface area contributed by atoms with Crippen molar-refractivity contribution in [2.45, 2.75) is 58.3 Å². The summed E-state index contributed by atoms with van der Waals surface area (Å²) in [5.41, 5.74) is 0.827. The first kappa shape index (κ1) is 18.1. The fraction of sp³-hybridized carbons (Fsp3) is 0.476. The first-order chi connectivity index (χ1) is 11.3. The van der Waals surface area contributed by atoms with Crippen molar-refractivity contribution >= 4 is 27.6 Å². The average molecular weight is 329 g/mol. The van der Waals surface area contributed by atoms with Crippen molar-refractivity contribution in [3.05, 3.63) is 48.0 Å². The number of rotatable bonds is 10. The van der Waals surface area contributed by atoms with Gasteiger partial charge in [-0.05, 0) is 29.3 Å². The van der Waals surface area contributed by atoms with Gasteiger partial charge >= 0.3 is 0 Å². The van der Waals surface area contributed by atoms with Gasteiger partial charge in [0.1, 0.15) is 0 Å². The summed E-state index contributed by atoms with van der Waals surface area (Å²) in [4.78, 5) is 12.3. The molecule has 0 aliphatic carbocycles. The van der Waals surface area contributed by atoms with Crippen molar-refractivity contribution in [2.24, 2.45) is 0 Å². The Hall–Kier alpha value is -1.28. The van der Waals surface area contributed by atoms with Gasteiger partial charge in [0.2, 0.25) is 5.12 Å². The minimum Gasteiger partial charge on any atom is -0.282 e. The molecule has 0 aliphatic heterocycles. The monoisotopic (exact) mass is 328 g/mol. The molecule has 0 unspecified atom stereocenters. The minimum absolute atomic E-state index is 0.207. The van der Waals surface area contributed by atoms with Crippen molar-refractivity contribution in [3.63, 3.8) is 0 Å². The van der Waals surface area contributed by atoms with Gasteiger partial charge in [-0.1, -0.05) is 94.0 Å². The SMILES string of the molecule is CCCCCCCCCCSC(=O)c1ccc2ccccc2c1. The van der Waals surface area contributed by atoms with Gasteiger partial charge < -0.3 is 0 Å². The average Bonchev–Trinajstić information content (AvgIpc) is 2.59. The number of carbonyl (C=O) groups excluding carboxylic acids is 1. The number of benzene rings is 2. The second-order valence-corrected chi connectivity index (χ2v) is 7.24. The maximum Gasteiger partial charge on any atom is 0.219 e. The molecule has 23 heavy (non-hydrogen) atoms. The second kappa shape index (κ2) is 10.5. The van der Waals surface area contributed by atoms with Gasteiger partial charge in [0, 0.05) is 11.3 Å². The summed E-state index contributed by atoms with van der Waals surface area (Å²) in [6, 6.07) is 14.2. The van der Waals surface area contributed by atoms with Gasteiger partial charge in [-0.15, -0.1) is 0 Å². The normalized spacial score (nSPS) is 11.0. The van der Waals surface area contributed by atoms with Crippen molar-refractivity contribution in [1.82, 2.24) is 0 Å². The largest absolute Gasteiger partial charge is 0.282 e. The predicted octanol–water partition coefficient (Wildman–Crippen LogP) is 6.85. The van der Waals surface area contributed by atoms with E-state index >= 15 is 0 Å². The Bertz CT molecular complexity index is 606. The molecule has 2 rings (SSSR count). The molecular weight excluding hydrogens is 300 g/mol. The van der Waals surface area contributed by atoms with E-state index in [2.05, 4.69) is 19.1 Å². The molecular formula is C21H28OS. The Labute approximate surface area is 144 Å². The lowest BCUT2D eigenvalue weighted by Crippen LogP contribution is -1.95. The first-order valence-electron chi connectivity index (χ1n) is 8.97. The van der Waals surface area contributed by atoms with Crippen LogP contribution in [0.15, 0.2) is 42.5 Å². The van der Waals surface area contributed by atoms with Crippen LogP contribution in [0.25, 0.3) is 10.8 Å². The highest BCUT2D eigenvalue weighted by molar-refractivity contribution is 8.14. The number of thioether (sulfide) groups is 1. The summed E-state index contributed by atoms with van der Waals surface area (Å²) in [5.74, 6) is 0.945. The highest BCUT2D eigenvalue weighted by Gasteiger charge is 2.07. The third kappa shape index (κ3) is 6.39. The predicted molar refractivity (Wildman–Crippen MR) is 103 cm³/mol. The Morgan fingerprint density at radius 1 is 0.826 bits per heavy atom. The molecule has 2 aromatic rings. The van der Waals surface area contributed by atoms with Crippen LogP contribution in [0.2, 0.25) is 0 Å². The number of carbonyl (C=O) groups is 1. The summed E-state index contributed by atoms with van der Waals surface area (Å²) in [6.07, 6.45) is 10.5. The van der Waals surface area contributed by atoms with Crippen LogP contribution in [0.4, 0.5) is 0 Å². The van der Waals surface area contributed by atoms with E-state index in [4.69, 9.17) is 0 Å². The van der Waals surface area contributed by atoms with Crippen LogP contribution in [-0.2, 0) is 0 Å². The molecule has 0 fully saturated rings. The molecule has 0 bridgehead atoms. The van der Waals surface area contributed by atoms with Crippen LogP contribution in [0.5, 0.6) is 0 Å². The van der Waals surface area contributed by atoms with Gasteiger partial charge in [0.15, 0.2) is 0 Å². The van der Waals surface area contributed by atoms with Gasteiger partial charge in [-0.3, -0.25) is 4.79 Å². The van der Waals surface area contributed by atoms with E-state index in [0.717, 1.165) is 23.1 Å². The molecule has 0 aromatic heterocycles. The van der Waals surface area contributed by atoms with Crippen LogP contribution >= 0.6 is 11.8 Å². The second-order valence-electron chi connectivity index (χ2n) is 6.17. The molecule has 2 aromatic carbocycles. The summed E-state index contributed by atoms with van der Waals surface area (Å²) >= 11 is 1.47. The Kier molecular flexibility index (Phi) is 8.24. The lowest BCUT2D eigenvalue weighted by Gasteiger charge is -2.04. The van der Waals surface area contributed by atoms with E-state index < -0.39 is 0 Å². The molecule has 1 nitrogen and oxygen atoms in total. The van der Waals surface area contributed by atoms with E-state index in [-0.39, 0.29) is 5.12 Å². The molecule has 0 saturated carbocycles. The van der Waals surface area contributed by atoms with Gasteiger partial charge in [0.25, 0.3) is 0 Å². The molecule has 0 aliphatic rings. The van der Waals surface area contributed by atoms with Crippen LogP contribution in [-0.4, -0.2) is 10.9 Å². The third-order valence-electron chi connectivity index (χ3n) is 4.22. The van der Waals surface area contributed by atoms with E-state index in [1.807, 2.05) is 30.3 Å². The number of hydrogen-bond acceptors (Lipinski definition) is 2. The molecule has 0 spiro atoms. The van der Waals surface area contributed by atoms with Crippen LogP contribution in [0.3, 0.4) is 0 Å². The molecule has 0 N–H and O–H groups in total. The van der Waals surface area contributed by atoms with E-state index in [1.165, 1.54) is 62.1 Å². The fourth-order valence-corrected chi connectivity index (χ4v) is 3.63. The molecule has 0 heterocycles. The van der Waals surface area contributed by atoms with E-state index in [0.29, 0.717) is 0 Å². The topological polar surface area (TPSA) is 17.1 Å². The number of unbranched alkanes of at least 4 members (excludes halogenated alkanes) is 7. The van der Waals surface area contributed by atoms with Gasteiger partial charge in [-0.25, -0.2) is 0 Å². The summed E-state index contributed by atoms with van der Waals surface area (Å²) in [7, 11) is 0. The van der Waals surface area contributed by atoms with Crippen LogP contribution in [0.1, 0.15) is 68.6 Å². The maximum atomic E-state index is 12.3. The molecule has 0 radical (unpaired) electrons. The van der Waals surface area contributed by atoms with Crippen molar-refractivity contribution in [2.75, 3.05) is 5.75 Å². The molecule has 0 amide bonds. The Balaban J connectivity index is 1.64. The summed E-state index contributed by atoms with van der Waals surface area (Å²) < 4.78 is 0. The molecule has 2 heteroatoms. The van der Waals surface area contributed by atoms with Crippen molar-refractivity contribution in [3.8, 4) is 0 Å². The number of hydrogen-bond donors (Lipinski definition) is 0. The Morgan fingerprint density at radius 3 is 2.22 bits per heavy atom. The van der Waals surface area contributed by atoms with Crippen LogP contribution < -0.4 is 0 Å². The molecule has 124 valence electrons. The zero-order valence-electron chi connectivity index (χ0n) is 14.2. The summed E-state index contributed by atoms with van der Waals surface area (Å²) in [5, 5.41) is 2.54. The third-order valence-corrected chi connectivity index (χ3v) is 5.21. The quantitative estimate of drug-likeness (QED) is 0.443. The number of fused-ring (bicyclic) bond motifs is 1. The fourth-order valence-electron chi connectivity index (χ4n) is 2.80. The lowest BCUT2D eigenvalue weighted by molar-refractivity contribution is 0.108. The molecule has 0 atom stereocenters. The zero-order chi connectivity index (χ0) is 16.3. The smallest absolute Gasteiger partial charge is 0.219 e. The minimum atomic E-state index is 0.207. The lowest BCUT2D eigenvalue weighted by atomic mass is 10.1. The first-order valence-corrected chi connectivity index (χ1v) is 9.96. The highest BCUT2D eigenvalue weighted by atomic mass is 32.2. The summed E-state index contributed by atoms with van der Waals surface area (Å²) in [6.45, 7) is 2.25. The van der Waals surface area contributed by atoms with Gasteiger partial charge in [-0.2, -0.15) is 0 Å². The van der Waals surface area contributed by atoms with Gasteiger partial charge in [0.05, 0.1) is 0 Å².